The molecule has 24 heavy (non-hydrogen) atoms. The van der Waals surface area contributed by atoms with E-state index in [1.807, 2.05) is 49.6 Å². The average Bonchev–Trinajstić information content (AvgIpc) is 3.24. The number of aromatic nitrogens is 3. The molecule has 1 amide bonds. The van der Waals surface area contributed by atoms with Crippen molar-refractivity contribution in [3.63, 3.8) is 0 Å². The normalized spacial score (nSPS) is 11.0. The van der Waals surface area contributed by atoms with Crippen molar-refractivity contribution in [2.24, 2.45) is 0 Å². The molecule has 124 valence electrons. The summed E-state index contributed by atoms with van der Waals surface area (Å²) in [6.45, 7) is 4.55. The molecule has 0 aliphatic rings. The van der Waals surface area contributed by atoms with Crippen molar-refractivity contribution in [2.75, 3.05) is 7.05 Å². The number of rotatable bonds is 5. The van der Waals surface area contributed by atoms with Crippen molar-refractivity contribution in [3.8, 4) is 10.6 Å². The summed E-state index contributed by atoms with van der Waals surface area (Å²) < 4.78 is 1.79. The van der Waals surface area contributed by atoms with Gasteiger partial charge in [0.25, 0.3) is 5.91 Å². The molecule has 0 fully saturated rings. The molecule has 0 spiro atoms. The Morgan fingerprint density at radius 2 is 2.04 bits per heavy atom. The number of benzene rings is 1. The Kier molecular flexibility index (Phi) is 4.76. The summed E-state index contributed by atoms with van der Waals surface area (Å²) in [7, 11) is 1.79. The highest BCUT2D eigenvalue weighted by Crippen LogP contribution is 2.24. The topological polar surface area (TPSA) is 51.0 Å². The summed E-state index contributed by atoms with van der Waals surface area (Å²) >= 11 is 1.59. The first-order valence-corrected chi connectivity index (χ1v) is 8.72. The maximum Gasteiger partial charge on any atom is 0.257 e. The highest BCUT2D eigenvalue weighted by Gasteiger charge is 2.16. The van der Waals surface area contributed by atoms with E-state index in [1.165, 1.54) is 0 Å². The van der Waals surface area contributed by atoms with Crippen LogP contribution in [0.25, 0.3) is 10.6 Å². The molecule has 0 aliphatic carbocycles. The Bertz CT molecular complexity index is 822. The molecule has 0 unspecified atom stereocenters. The van der Waals surface area contributed by atoms with Crippen LogP contribution in [0.1, 0.15) is 35.9 Å². The number of hydrogen-bond acceptors (Lipinski definition) is 4. The lowest BCUT2D eigenvalue weighted by molar-refractivity contribution is 0.0783. The van der Waals surface area contributed by atoms with Gasteiger partial charge in [0, 0.05) is 30.2 Å². The summed E-state index contributed by atoms with van der Waals surface area (Å²) in [5.41, 5.74) is 2.59. The van der Waals surface area contributed by atoms with E-state index in [-0.39, 0.29) is 11.9 Å². The van der Waals surface area contributed by atoms with E-state index in [9.17, 15) is 4.79 Å². The van der Waals surface area contributed by atoms with Crippen LogP contribution >= 0.6 is 11.3 Å². The minimum absolute atomic E-state index is 0.0452. The van der Waals surface area contributed by atoms with Gasteiger partial charge in [0.05, 0.1) is 24.0 Å². The van der Waals surface area contributed by atoms with Crippen molar-refractivity contribution in [1.82, 2.24) is 19.7 Å². The minimum Gasteiger partial charge on any atom is -0.336 e. The fourth-order valence-electron chi connectivity index (χ4n) is 2.36. The zero-order valence-electron chi connectivity index (χ0n) is 14.0. The smallest absolute Gasteiger partial charge is 0.257 e. The molecule has 0 radical (unpaired) electrons. The molecule has 3 rings (SSSR count). The van der Waals surface area contributed by atoms with Gasteiger partial charge in [-0.1, -0.05) is 30.3 Å². The number of carbonyl (C=O) groups excluding carboxylic acids is 1. The maximum atomic E-state index is 12.5. The lowest BCUT2D eigenvalue weighted by Crippen LogP contribution is -2.26. The first-order chi connectivity index (χ1) is 11.5. The molecule has 0 aliphatic heterocycles. The minimum atomic E-state index is -0.0452. The van der Waals surface area contributed by atoms with Crippen LogP contribution in [0, 0.1) is 0 Å². The number of hydrogen-bond donors (Lipinski definition) is 0. The molecule has 3 aromatic rings. The second-order valence-electron chi connectivity index (χ2n) is 5.97. The molecule has 2 aromatic heterocycles. The van der Waals surface area contributed by atoms with Crippen LogP contribution in [0.4, 0.5) is 0 Å². The predicted octanol–water partition coefficient (Wildman–Crippen LogP) is 3.86. The Morgan fingerprint density at radius 3 is 2.71 bits per heavy atom. The monoisotopic (exact) mass is 340 g/mol. The second kappa shape index (κ2) is 6.97. The molecule has 2 heterocycles. The number of carbonyl (C=O) groups is 1. The van der Waals surface area contributed by atoms with Crippen molar-refractivity contribution in [2.45, 2.75) is 26.4 Å². The van der Waals surface area contributed by atoms with E-state index in [4.69, 9.17) is 0 Å². The van der Waals surface area contributed by atoms with E-state index in [1.54, 1.807) is 40.4 Å². The molecule has 0 bridgehead atoms. The van der Waals surface area contributed by atoms with Crippen molar-refractivity contribution in [3.05, 3.63) is 59.4 Å². The SMILES string of the molecule is CC(C)n1cc(C(=O)N(C)Cc2csc(-c3ccccc3)n2)cn1. The van der Waals surface area contributed by atoms with Crippen LogP contribution in [0.15, 0.2) is 48.1 Å². The summed E-state index contributed by atoms with van der Waals surface area (Å²) in [6.07, 6.45) is 3.41. The molecule has 1 aromatic carbocycles. The van der Waals surface area contributed by atoms with E-state index in [2.05, 4.69) is 10.1 Å². The lowest BCUT2D eigenvalue weighted by Gasteiger charge is -2.14. The lowest BCUT2D eigenvalue weighted by atomic mass is 10.2. The Balaban J connectivity index is 1.69. The first-order valence-electron chi connectivity index (χ1n) is 7.84. The van der Waals surface area contributed by atoms with Crippen molar-refractivity contribution in [1.29, 1.82) is 0 Å². The summed E-state index contributed by atoms with van der Waals surface area (Å²) in [5, 5.41) is 7.20. The molecule has 6 heteroatoms. The van der Waals surface area contributed by atoms with Gasteiger partial charge in [-0.25, -0.2) is 4.98 Å². The van der Waals surface area contributed by atoms with Crippen molar-refractivity contribution >= 4 is 17.2 Å². The fourth-order valence-corrected chi connectivity index (χ4v) is 3.18. The third-order valence-corrected chi connectivity index (χ3v) is 4.64. The molecule has 0 atom stereocenters. The van der Waals surface area contributed by atoms with Gasteiger partial charge in [-0.15, -0.1) is 11.3 Å². The zero-order chi connectivity index (χ0) is 17.1. The molecule has 0 N–H and O–H groups in total. The fraction of sp³-hybridized carbons (Fsp3) is 0.278. The van der Waals surface area contributed by atoms with Gasteiger partial charge >= 0.3 is 0 Å². The van der Waals surface area contributed by atoms with Gasteiger partial charge in [0.2, 0.25) is 0 Å². The van der Waals surface area contributed by atoms with E-state index < -0.39 is 0 Å². The van der Waals surface area contributed by atoms with Crippen LogP contribution in [0.5, 0.6) is 0 Å². The molecular formula is C18H20N4OS. The summed E-state index contributed by atoms with van der Waals surface area (Å²) in [5.74, 6) is -0.0452. The second-order valence-corrected chi connectivity index (χ2v) is 6.83. The van der Waals surface area contributed by atoms with Gasteiger partial charge in [-0.3, -0.25) is 9.48 Å². The van der Waals surface area contributed by atoms with Gasteiger partial charge in [0.15, 0.2) is 0 Å². The summed E-state index contributed by atoms with van der Waals surface area (Å²) in [4.78, 5) is 18.8. The zero-order valence-corrected chi connectivity index (χ0v) is 14.8. The molecular weight excluding hydrogens is 320 g/mol. The standard InChI is InChI=1S/C18H20N4OS/c1-13(2)22-10-15(9-19-22)18(23)21(3)11-16-12-24-17(20-16)14-7-5-4-6-8-14/h4-10,12-13H,11H2,1-3H3. The molecule has 0 saturated carbocycles. The molecule has 5 nitrogen and oxygen atoms in total. The predicted molar refractivity (Wildman–Crippen MR) is 96.0 cm³/mol. The van der Waals surface area contributed by atoms with Crippen LogP contribution < -0.4 is 0 Å². The van der Waals surface area contributed by atoms with E-state index >= 15 is 0 Å². The van der Waals surface area contributed by atoms with E-state index in [0.29, 0.717) is 12.1 Å². The number of amides is 1. The molecule has 0 saturated heterocycles. The van der Waals surface area contributed by atoms with E-state index in [0.717, 1.165) is 16.3 Å². The Hall–Kier alpha value is -2.47. The van der Waals surface area contributed by atoms with Gasteiger partial charge in [0.1, 0.15) is 5.01 Å². The third kappa shape index (κ3) is 3.54. The van der Waals surface area contributed by atoms with Gasteiger partial charge < -0.3 is 4.90 Å². The quantitative estimate of drug-likeness (QED) is 0.709. The summed E-state index contributed by atoms with van der Waals surface area (Å²) in [6, 6.07) is 10.3. The van der Waals surface area contributed by atoms with Crippen LogP contribution in [-0.4, -0.2) is 32.6 Å². The maximum absolute atomic E-state index is 12.5. The van der Waals surface area contributed by atoms with Crippen LogP contribution in [0.2, 0.25) is 0 Å². The highest BCUT2D eigenvalue weighted by atomic mass is 32.1. The van der Waals surface area contributed by atoms with Gasteiger partial charge in [-0.2, -0.15) is 5.10 Å². The van der Waals surface area contributed by atoms with Crippen LogP contribution in [-0.2, 0) is 6.54 Å². The van der Waals surface area contributed by atoms with Crippen molar-refractivity contribution < 1.29 is 4.79 Å². The van der Waals surface area contributed by atoms with Gasteiger partial charge in [-0.05, 0) is 13.8 Å². The Labute approximate surface area is 145 Å². The highest BCUT2D eigenvalue weighted by molar-refractivity contribution is 7.13. The van der Waals surface area contributed by atoms with Crippen LogP contribution in [0.3, 0.4) is 0 Å². The Morgan fingerprint density at radius 1 is 1.29 bits per heavy atom. The third-order valence-electron chi connectivity index (χ3n) is 3.70. The number of nitrogens with zero attached hydrogens (tertiary/aromatic N) is 4. The number of thiazole rings is 1. The largest absolute Gasteiger partial charge is 0.336 e. The first kappa shape index (κ1) is 16.4. The average molecular weight is 340 g/mol.